The van der Waals surface area contributed by atoms with Gasteiger partial charge < -0.3 is 19.3 Å². The van der Waals surface area contributed by atoms with Crippen molar-refractivity contribution in [1.82, 2.24) is 0 Å². The van der Waals surface area contributed by atoms with E-state index < -0.39 is 0 Å². The van der Waals surface area contributed by atoms with Crippen LogP contribution in [0.5, 0.6) is 0 Å². The van der Waals surface area contributed by atoms with Gasteiger partial charge in [-0.05, 0) is 136 Å². The topological polar surface area (TPSA) is 47.9 Å². The van der Waals surface area contributed by atoms with E-state index in [1.54, 1.807) is 0 Å². The van der Waals surface area contributed by atoms with Crippen molar-refractivity contribution >= 4 is 0 Å². The molecule has 10 atom stereocenters. The predicted molar refractivity (Wildman–Crippen MR) is 220 cm³/mol. The van der Waals surface area contributed by atoms with E-state index in [-0.39, 0.29) is 23.4 Å². The molecule has 1 spiro atoms. The molecule has 1 N–H and O–H groups in total. The smallest absolute Gasteiger partial charge is 0.160 e. The van der Waals surface area contributed by atoms with E-state index in [4.69, 9.17) is 14.2 Å². The van der Waals surface area contributed by atoms with Gasteiger partial charge in [-0.25, -0.2) is 0 Å². The molecule has 1 heterocycles. The van der Waals surface area contributed by atoms with Crippen molar-refractivity contribution in [2.75, 3.05) is 20.3 Å². The number of hydrogen-bond donors (Lipinski definition) is 1. The van der Waals surface area contributed by atoms with Crippen LogP contribution in [-0.2, 0) is 14.2 Å². The molecule has 1 aliphatic heterocycles. The Balaban J connectivity index is 0.000000175. The Labute approximate surface area is 323 Å². The summed E-state index contributed by atoms with van der Waals surface area (Å²) in [6.07, 6.45) is 24.4. The maximum Gasteiger partial charge on any atom is 0.160 e. The van der Waals surface area contributed by atoms with E-state index in [2.05, 4.69) is 89.2 Å². The summed E-state index contributed by atoms with van der Waals surface area (Å²) in [7, 11) is 1.94. The van der Waals surface area contributed by atoms with Crippen LogP contribution in [-0.4, -0.2) is 43.4 Å². The van der Waals surface area contributed by atoms with Crippen molar-refractivity contribution in [1.29, 1.82) is 0 Å². The molecule has 4 heteroatoms. The highest BCUT2D eigenvalue weighted by Crippen LogP contribution is 2.69. The van der Waals surface area contributed by atoms with E-state index in [1.165, 1.54) is 95.5 Å². The average Bonchev–Trinajstić information content (AvgIpc) is 3.39. The van der Waals surface area contributed by atoms with Crippen molar-refractivity contribution in [3.63, 3.8) is 0 Å². The summed E-state index contributed by atoms with van der Waals surface area (Å²) in [6, 6.07) is 0. The molecule has 0 aromatic rings. The molecule has 10 unspecified atom stereocenters. The molecule has 304 valence electrons. The van der Waals surface area contributed by atoms with Crippen molar-refractivity contribution < 1.29 is 19.3 Å². The van der Waals surface area contributed by atoms with Gasteiger partial charge in [0.05, 0.1) is 24.9 Å². The summed E-state index contributed by atoms with van der Waals surface area (Å²) in [5, 5.41) is 9.84. The summed E-state index contributed by atoms with van der Waals surface area (Å²) in [5.74, 6) is 5.14. The fourth-order valence-electron chi connectivity index (χ4n) is 13.2. The first-order valence-corrected chi connectivity index (χ1v) is 22.5. The van der Waals surface area contributed by atoms with Gasteiger partial charge in [0.2, 0.25) is 0 Å². The second kappa shape index (κ2) is 18.2. The summed E-state index contributed by atoms with van der Waals surface area (Å²) in [6.45, 7) is 29.9. The number of fused-ring (bicyclic) bond motifs is 3. The van der Waals surface area contributed by atoms with E-state index >= 15 is 0 Å². The lowest BCUT2D eigenvalue weighted by Crippen LogP contribution is -2.56. The van der Waals surface area contributed by atoms with Gasteiger partial charge >= 0.3 is 0 Å². The van der Waals surface area contributed by atoms with Crippen LogP contribution in [0.1, 0.15) is 192 Å². The fourth-order valence-corrected chi connectivity index (χ4v) is 13.2. The Morgan fingerprint density at radius 1 is 0.865 bits per heavy atom. The molecule has 7 rings (SSSR count). The van der Waals surface area contributed by atoms with Crippen LogP contribution in [0.15, 0.2) is 11.6 Å². The van der Waals surface area contributed by atoms with Crippen LogP contribution in [0.3, 0.4) is 0 Å². The maximum absolute atomic E-state index is 9.84. The second-order valence-electron chi connectivity index (χ2n) is 21.3. The number of hydrogen-bond acceptors (Lipinski definition) is 4. The number of aliphatic hydroxyl groups is 1. The van der Waals surface area contributed by atoms with Gasteiger partial charge in [-0.15, -0.1) is 0 Å². The van der Waals surface area contributed by atoms with Crippen LogP contribution >= 0.6 is 0 Å². The van der Waals surface area contributed by atoms with Gasteiger partial charge in [0, 0.05) is 18.4 Å². The third kappa shape index (κ3) is 9.92. The van der Waals surface area contributed by atoms with Gasteiger partial charge in [0.1, 0.15) is 0 Å². The lowest BCUT2D eigenvalue weighted by atomic mass is 9.49. The highest BCUT2D eigenvalue weighted by Gasteiger charge is 2.63. The van der Waals surface area contributed by atoms with Crippen molar-refractivity contribution in [3.05, 3.63) is 11.6 Å². The molecule has 0 amide bonds. The monoisotopic (exact) mass is 729 g/mol. The average molecular weight is 729 g/mol. The van der Waals surface area contributed by atoms with Crippen LogP contribution in [0.2, 0.25) is 0 Å². The summed E-state index contributed by atoms with van der Waals surface area (Å²) in [4.78, 5) is 0. The minimum Gasteiger partial charge on any atom is -0.393 e. The molecular formula is C48H88O4. The Bertz CT molecular complexity index is 1120. The molecule has 6 aliphatic carbocycles. The number of ether oxygens (including phenoxy) is 3. The number of aliphatic hydroxyl groups excluding tert-OH is 1. The highest BCUT2D eigenvalue weighted by molar-refractivity contribution is 5.13. The summed E-state index contributed by atoms with van der Waals surface area (Å²) >= 11 is 0. The van der Waals surface area contributed by atoms with Gasteiger partial charge in [0.25, 0.3) is 0 Å². The van der Waals surface area contributed by atoms with Gasteiger partial charge in [-0.3, -0.25) is 0 Å². The quantitative estimate of drug-likeness (QED) is 0.240. The van der Waals surface area contributed by atoms with Crippen molar-refractivity contribution in [3.8, 4) is 0 Å². The molecule has 6 fully saturated rings. The standard InChI is InChI=1S/C17H30O2.C16H28O.C15H30O/c1-6-14(4)17(5)10-18-16(19-11-17)15-8-7-12(2)9-13(15)3;1-14(2)12-7-5-9-16(10-6-8-13(14)16)11-15(12,3)17-4;1-5-7-13(16)9-10-14-12(2)8-6-11-15(14,3)4/h9,13-16H,6-8,10-11H2,1-5H3;12-13H,5-11H2,1-4H3;12-14,16H,5-11H2,1-4H3. The minimum atomic E-state index is -0.0603. The van der Waals surface area contributed by atoms with E-state index in [0.29, 0.717) is 34.0 Å². The second-order valence-corrected chi connectivity index (χ2v) is 21.3. The zero-order valence-corrected chi connectivity index (χ0v) is 36.9. The molecule has 52 heavy (non-hydrogen) atoms. The number of methoxy groups -OCH3 is 1. The third-order valence-electron chi connectivity index (χ3n) is 16.8. The Morgan fingerprint density at radius 2 is 1.48 bits per heavy atom. The van der Waals surface area contributed by atoms with Crippen LogP contribution in [0, 0.1) is 63.1 Å². The molecule has 0 radical (unpaired) electrons. The molecule has 0 aromatic heterocycles. The Hall–Kier alpha value is -0.420. The first-order valence-electron chi connectivity index (χ1n) is 22.5. The Kier molecular flexibility index (Phi) is 15.5. The molecule has 2 bridgehead atoms. The van der Waals surface area contributed by atoms with Gasteiger partial charge in [0.15, 0.2) is 6.29 Å². The van der Waals surface area contributed by atoms with Gasteiger partial charge in [-0.2, -0.15) is 0 Å². The zero-order chi connectivity index (χ0) is 38.5. The van der Waals surface area contributed by atoms with E-state index in [0.717, 1.165) is 56.1 Å². The van der Waals surface area contributed by atoms with E-state index in [1.807, 2.05) is 7.11 Å². The fraction of sp³-hybridized carbons (Fsp3) is 0.958. The van der Waals surface area contributed by atoms with Crippen molar-refractivity contribution in [2.45, 2.75) is 210 Å². The largest absolute Gasteiger partial charge is 0.393 e. The predicted octanol–water partition coefficient (Wildman–Crippen LogP) is 13.2. The lowest BCUT2D eigenvalue weighted by molar-refractivity contribution is -0.260. The van der Waals surface area contributed by atoms with Crippen LogP contribution < -0.4 is 0 Å². The summed E-state index contributed by atoms with van der Waals surface area (Å²) in [5.41, 5.74) is 3.44. The minimum absolute atomic E-state index is 0.0106. The number of rotatable bonds is 9. The number of allylic oxidation sites excluding steroid dienone is 2. The molecular weight excluding hydrogens is 641 g/mol. The van der Waals surface area contributed by atoms with E-state index in [9.17, 15) is 5.11 Å². The zero-order valence-electron chi connectivity index (χ0n) is 36.9. The molecule has 5 saturated carbocycles. The maximum atomic E-state index is 9.84. The van der Waals surface area contributed by atoms with Gasteiger partial charge in [-0.1, -0.05) is 119 Å². The summed E-state index contributed by atoms with van der Waals surface area (Å²) < 4.78 is 18.3. The molecule has 0 aromatic carbocycles. The normalized spacial score (nSPS) is 42.0. The van der Waals surface area contributed by atoms with Crippen molar-refractivity contribution in [2.24, 2.45) is 63.1 Å². The molecule has 4 nitrogen and oxygen atoms in total. The molecule has 7 aliphatic rings. The highest BCUT2D eigenvalue weighted by atomic mass is 16.7. The molecule has 1 saturated heterocycles. The first kappa shape index (κ1) is 44.3. The van der Waals surface area contributed by atoms with Crippen LogP contribution in [0.4, 0.5) is 0 Å². The first-order chi connectivity index (χ1) is 24.4. The Morgan fingerprint density at radius 3 is 2.04 bits per heavy atom. The van der Waals surface area contributed by atoms with Crippen LogP contribution in [0.25, 0.3) is 0 Å². The SMILES string of the molecule is CCC(C)C1(C)COC(C2CCC(C)=CC2C)OC1.CCCC(O)CCC1C(C)CCCC1(C)C.COC1(C)CC23CCCC2C(C)(C)C1CCC3. The third-order valence-corrected chi connectivity index (χ3v) is 16.8. The lowest BCUT2D eigenvalue weighted by Gasteiger charge is -2.58.